The molecule has 3 aliphatic heterocycles. The molecule has 3 heterocycles. The average Bonchev–Trinajstić information content (AvgIpc) is 2.17. The first-order chi connectivity index (χ1) is 6.92. The van der Waals surface area contributed by atoms with Crippen LogP contribution in [-0.2, 0) is 0 Å². The minimum absolute atomic E-state index is 0.804. The van der Waals surface area contributed by atoms with E-state index < -0.39 is 0 Å². The molecule has 4 rings (SSSR count). The minimum atomic E-state index is 0.804. The van der Waals surface area contributed by atoms with Gasteiger partial charge in [0.2, 0.25) is 0 Å². The van der Waals surface area contributed by atoms with Crippen LogP contribution < -0.4 is 5.32 Å². The Hall–Kier alpha value is -0.120. The van der Waals surface area contributed by atoms with Gasteiger partial charge in [-0.2, -0.15) is 0 Å². The van der Waals surface area contributed by atoms with Crippen LogP contribution in [0.3, 0.4) is 0 Å². The van der Waals surface area contributed by atoms with Crippen LogP contribution >= 0.6 is 0 Å². The highest BCUT2D eigenvalue weighted by Gasteiger charge is 2.32. The van der Waals surface area contributed by atoms with Gasteiger partial charge in [-0.25, -0.2) is 0 Å². The normalized spacial score (nSPS) is 42.4. The third-order valence-electron chi connectivity index (χ3n) is 4.14. The second-order valence-electron chi connectivity index (χ2n) is 5.03. The predicted molar refractivity (Wildman–Crippen MR) is 57.4 cm³/mol. The molecule has 4 aliphatic rings. The molecule has 0 aromatic heterocycles. The van der Waals surface area contributed by atoms with E-state index in [0.717, 1.165) is 12.1 Å². The monoisotopic (exact) mass is 195 g/mol. The highest BCUT2D eigenvalue weighted by molar-refractivity contribution is 4.90. The van der Waals surface area contributed by atoms with Gasteiger partial charge in [0.05, 0.1) is 0 Å². The third kappa shape index (κ3) is 1.69. The molecule has 1 unspecified atom stereocenters. The molecule has 1 saturated carbocycles. The first-order valence-corrected chi connectivity index (χ1v) is 6.11. The van der Waals surface area contributed by atoms with Gasteiger partial charge in [-0.15, -0.1) is 0 Å². The van der Waals surface area contributed by atoms with Crippen LogP contribution in [0.1, 0.15) is 19.3 Å². The van der Waals surface area contributed by atoms with Crippen molar-refractivity contribution in [1.29, 1.82) is 0 Å². The van der Waals surface area contributed by atoms with Crippen molar-refractivity contribution in [3.8, 4) is 0 Å². The molecule has 2 bridgehead atoms. The lowest BCUT2D eigenvalue weighted by atomic mass is 9.93. The van der Waals surface area contributed by atoms with Crippen LogP contribution in [0.15, 0.2) is 0 Å². The topological polar surface area (TPSA) is 18.5 Å². The van der Waals surface area contributed by atoms with E-state index in [1.54, 1.807) is 0 Å². The molecule has 1 N–H and O–H groups in total. The molecule has 1 aliphatic carbocycles. The van der Waals surface area contributed by atoms with Gasteiger partial charge in [-0.1, -0.05) is 6.42 Å². The van der Waals surface area contributed by atoms with Crippen molar-refractivity contribution in [2.45, 2.75) is 31.3 Å². The van der Waals surface area contributed by atoms with E-state index in [9.17, 15) is 0 Å². The Morgan fingerprint density at radius 1 is 1.07 bits per heavy atom. The number of rotatable bonds is 3. The van der Waals surface area contributed by atoms with E-state index >= 15 is 0 Å². The molecule has 1 atom stereocenters. The zero-order chi connectivity index (χ0) is 9.38. The number of hydrogen-bond acceptors (Lipinski definition) is 3. The summed E-state index contributed by atoms with van der Waals surface area (Å²) in [6.45, 7) is 7.74. The fourth-order valence-corrected chi connectivity index (χ4v) is 2.83. The fraction of sp³-hybridized carbons (Fsp3) is 1.00. The maximum atomic E-state index is 3.71. The van der Waals surface area contributed by atoms with Crippen LogP contribution in [-0.4, -0.2) is 61.2 Å². The van der Waals surface area contributed by atoms with Crippen LogP contribution in [0.25, 0.3) is 0 Å². The highest BCUT2D eigenvalue weighted by Crippen LogP contribution is 2.19. The summed E-state index contributed by atoms with van der Waals surface area (Å²) in [6, 6.07) is 1.66. The van der Waals surface area contributed by atoms with E-state index in [1.165, 1.54) is 58.5 Å². The Morgan fingerprint density at radius 2 is 1.86 bits per heavy atom. The van der Waals surface area contributed by atoms with Crippen molar-refractivity contribution in [2.24, 2.45) is 0 Å². The van der Waals surface area contributed by atoms with Crippen LogP contribution in [0.4, 0.5) is 0 Å². The third-order valence-corrected chi connectivity index (χ3v) is 4.14. The van der Waals surface area contributed by atoms with Crippen molar-refractivity contribution in [1.82, 2.24) is 15.1 Å². The number of piperazine rings is 3. The molecular weight excluding hydrogens is 174 g/mol. The van der Waals surface area contributed by atoms with Gasteiger partial charge >= 0.3 is 0 Å². The molecule has 0 spiro atoms. The number of nitrogens with one attached hydrogen (secondary N) is 1. The first kappa shape index (κ1) is 9.13. The lowest BCUT2D eigenvalue weighted by Gasteiger charge is -2.48. The summed E-state index contributed by atoms with van der Waals surface area (Å²) in [6.07, 6.45) is 4.27. The lowest BCUT2D eigenvalue weighted by Crippen LogP contribution is -2.63. The van der Waals surface area contributed by atoms with Crippen molar-refractivity contribution in [3.63, 3.8) is 0 Å². The van der Waals surface area contributed by atoms with E-state index in [1.807, 2.05) is 0 Å². The quantitative estimate of drug-likeness (QED) is 0.690. The maximum Gasteiger partial charge on any atom is 0.0349 e. The molecule has 4 fully saturated rings. The van der Waals surface area contributed by atoms with Crippen molar-refractivity contribution in [2.75, 3.05) is 39.3 Å². The Morgan fingerprint density at radius 3 is 2.36 bits per heavy atom. The molecule has 3 nitrogen and oxygen atoms in total. The van der Waals surface area contributed by atoms with Gasteiger partial charge < -0.3 is 5.32 Å². The van der Waals surface area contributed by atoms with Crippen molar-refractivity contribution in [3.05, 3.63) is 0 Å². The van der Waals surface area contributed by atoms with Crippen LogP contribution in [0, 0.1) is 0 Å². The second-order valence-corrected chi connectivity index (χ2v) is 5.03. The van der Waals surface area contributed by atoms with Crippen LogP contribution in [0.5, 0.6) is 0 Å². The largest absolute Gasteiger partial charge is 0.312 e. The smallest absolute Gasteiger partial charge is 0.0349 e. The standard InChI is InChI=1S/C11H21N3/c1-2-10(3-1)12-8-11-9-13-4-6-14(11)7-5-13/h10-12H,1-9H2. The Balaban J connectivity index is 1.47. The molecule has 80 valence electrons. The number of nitrogens with zero attached hydrogens (tertiary/aromatic N) is 2. The summed E-state index contributed by atoms with van der Waals surface area (Å²) in [7, 11) is 0. The Kier molecular flexibility index (Phi) is 2.48. The summed E-state index contributed by atoms with van der Waals surface area (Å²) < 4.78 is 0. The van der Waals surface area contributed by atoms with Gasteiger partial charge in [0.15, 0.2) is 0 Å². The number of fused-ring (bicyclic) bond motifs is 3. The highest BCUT2D eigenvalue weighted by atomic mass is 15.3. The molecule has 0 aromatic rings. The molecule has 14 heavy (non-hydrogen) atoms. The van der Waals surface area contributed by atoms with Crippen molar-refractivity contribution < 1.29 is 0 Å². The van der Waals surface area contributed by atoms with Crippen molar-refractivity contribution >= 4 is 0 Å². The average molecular weight is 195 g/mol. The van der Waals surface area contributed by atoms with Gasteiger partial charge in [0, 0.05) is 51.4 Å². The van der Waals surface area contributed by atoms with E-state index in [4.69, 9.17) is 0 Å². The summed E-state index contributed by atoms with van der Waals surface area (Å²) in [5.74, 6) is 0. The number of hydrogen-bond donors (Lipinski definition) is 1. The summed E-state index contributed by atoms with van der Waals surface area (Å²) in [5, 5.41) is 3.71. The Bertz CT molecular complexity index is 195. The van der Waals surface area contributed by atoms with E-state index in [-0.39, 0.29) is 0 Å². The molecular formula is C11H21N3. The lowest BCUT2D eigenvalue weighted by molar-refractivity contribution is 0.0116. The van der Waals surface area contributed by atoms with E-state index in [0.29, 0.717) is 0 Å². The zero-order valence-corrected chi connectivity index (χ0v) is 8.91. The zero-order valence-electron chi connectivity index (χ0n) is 8.91. The SMILES string of the molecule is C1CC(NCC2CN3CCN2CC3)C1. The van der Waals surface area contributed by atoms with Gasteiger partial charge in [-0.3, -0.25) is 9.80 Å². The predicted octanol–water partition coefficient (Wildman–Crippen LogP) is 0.128. The second kappa shape index (κ2) is 3.80. The molecule has 0 radical (unpaired) electrons. The summed E-state index contributed by atoms with van der Waals surface area (Å²) in [5.41, 5.74) is 0. The summed E-state index contributed by atoms with van der Waals surface area (Å²) >= 11 is 0. The Labute approximate surface area is 86.4 Å². The van der Waals surface area contributed by atoms with Gasteiger partial charge in [-0.05, 0) is 12.8 Å². The van der Waals surface area contributed by atoms with E-state index in [2.05, 4.69) is 15.1 Å². The van der Waals surface area contributed by atoms with Gasteiger partial charge in [0.1, 0.15) is 0 Å². The first-order valence-electron chi connectivity index (χ1n) is 6.11. The molecule has 3 saturated heterocycles. The maximum absolute atomic E-state index is 3.71. The molecule has 0 amide bonds. The summed E-state index contributed by atoms with van der Waals surface area (Å²) in [4.78, 5) is 5.29. The minimum Gasteiger partial charge on any atom is -0.312 e. The van der Waals surface area contributed by atoms with Gasteiger partial charge in [0.25, 0.3) is 0 Å². The van der Waals surface area contributed by atoms with Crippen LogP contribution in [0.2, 0.25) is 0 Å². The molecule has 3 heteroatoms. The molecule has 0 aromatic carbocycles. The fourth-order valence-electron chi connectivity index (χ4n) is 2.83.